The molecule has 1 aliphatic heterocycles. The van der Waals surface area contributed by atoms with Gasteiger partial charge in [-0.1, -0.05) is 39.1 Å². The molecule has 1 amide bonds. The molecule has 0 aliphatic carbocycles. The number of halogens is 3. The van der Waals surface area contributed by atoms with Crippen LogP contribution in [0.15, 0.2) is 18.2 Å². The average molecular weight is 337 g/mol. The molecule has 2 nitrogen and oxygen atoms in total. The maximum atomic E-state index is 12.3. The lowest BCUT2D eigenvalue weighted by Crippen LogP contribution is -2.36. The molecular formula is C12H12BrCl2NO. The van der Waals surface area contributed by atoms with Gasteiger partial charge in [-0.3, -0.25) is 4.79 Å². The second-order valence-corrected chi connectivity index (χ2v) is 5.54. The topological polar surface area (TPSA) is 20.3 Å². The molecule has 0 radical (unpaired) electrons. The largest absolute Gasteiger partial charge is 0.335 e. The molecule has 0 bridgehead atoms. The van der Waals surface area contributed by atoms with Crippen molar-refractivity contribution in [1.82, 2.24) is 4.90 Å². The van der Waals surface area contributed by atoms with Crippen molar-refractivity contribution >= 4 is 45.0 Å². The van der Waals surface area contributed by atoms with E-state index in [0.717, 1.165) is 24.7 Å². The molecule has 1 aliphatic rings. The first-order valence-electron chi connectivity index (χ1n) is 5.45. The molecule has 0 N–H and O–H groups in total. The molecule has 5 heteroatoms. The van der Waals surface area contributed by atoms with Crippen molar-refractivity contribution in [1.29, 1.82) is 0 Å². The Morgan fingerprint density at radius 1 is 1.41 bits per heavy atom. The average Bonchev–Trinajstić information content (AvgIpc) is 2.80. The van der Waals surface area contributed by atoms with Crippen molar-refractivity contribution in [3.05, 3.63) is 33.8 Å². The minimum absolute atomic E-state index is 0.0329. The zero-order chi connectivity index (χ0) is 12.4. The zero-order valence-corrected chi connectivity index (χ0v) is 12.2. The van der Waals surface area contributed by atoms with Crippen LogP contribution >= 0.6 is 39.1 Å². The molecule has 0 aromatic heterocycles. The number of amides is 1. The fourth-order valence-corrected chi connectivity index (χ4v) is 3.03. The maximum Gasteiger partial charge on any atom is 0.254 e. The molecule has 17 heavy (non-hydrogen) atoms. The molecule has 1 aromatic carbocycles. The SMILES string of the molecule is O=C(c1ccc(Cl)c(Cl)c1)N1CCCC1CBr. The van der Waals surface area contributed by atoms with Crippen LogP contribution in [0.1, 0.15) is 23.2 Å². The van der Waals surface area contributed by atoms with Gasteiger partial charge in [-0.25, -0.2) is 0 Å². The number of carbonyl (C=O) groups excluding carboxylic acids is 1. The van der Waals surface area contributed by atoms with Gasteiger partial charge < -0.3 is 4.90 Å². The highest BCUT2D eigenvalue weighted by Gasteiger charge is 2.28. The Balaban J connectivity index is 2.21. The summed E-state index contributed by atoms with van der Waals surface area (Å²) < 4.78 is 0. The lowest BCUT2D eigenvalue weighted by atomic mass is 10.2. The number of alkyl halides is 1. The fraction of sp³-hybridized carbons (Fsp3) is 0.417. The van der Waals surface area contributed by atoms with E-state index in [1.54, 1.807) is 18.2 Å². The van der Waals surface area contributed by atoms with Gasteiger partial charge in [0.2, 0.25) is 0 Å². The molecule has 1 unspecified atom stereocenters. The first-order valence-corrected chi connectivity index (χ1v) is 7.33. The Kier molecular flexibility index (Phi) is 4.34. The highest BCUT2D eigenvalue weighted by atomic mass is 79.9. The second kappa shape index (κ2) is 5.59. The van der Waals surface area contributed by atoms with Gasteiger partial charge in [0.05, 0.1) is 10.0 Å². The van der Waals surface area contributed by atoms with Gasteiger partial charge in [0, 0.05) is 23.5 Å². The Bertz CT molecular complexity index is 439. The molecule has 0 saturated carbocycles. The van der Waals surface area contributed by atoms with Crippen LogP contribution in [0.2, 0.25) is 10.0 Å². The molecule has 1 saturated heterocycles. The number of nitrogens with zero attached hydrogens (tertiary/aromatic N) is 1. The quantitative estimate of drug-likeness (QED) is 0.748. The summed E-state index contributed by atoms with van der Waals surface area (Å²) in [6, 6.07) is 5.31. The molecule has 0 spiro atoms. The first-order chi connectivity index (χ1) is 8.13. The van der Waals surface area contributed by atoms with Gasteiger partial charge in [0.25, 0.3) is 5.91 Å². The van der Waals surface area contributed by atoms with E-state index < -0.39 is 0 Å². The van der Waals surface area contributed by atoms with Crippen LogP contribution in [-0.2, 0) is 0 Å². The van der Waals surface area contributed by atoms with Crippen LogP contribution in [0.4, 0.5) is 0 Å². The Labute approximate surface area is 119 Å². The number of rotatable bonds is 2. The monoisotopic (exact) mass is 335 g/mol. The van der Waals surface area contributed by atoms with Crippen molar-refractivity contribution in [2.45, 2.75) is 18.9 Å². The van der Waals surface area contributed by atoms with E-state index in [-0.39, 0.29) is 11.9 Å². The van der Waals surface area contributed by atoms with Crippen molar-refractivity contribution in [2.75, 3.05) is 11.9 Å². The number of carbonyl (C=O) groups is 1. The third kappa shape index (κ3) is 2.78. The predicted molar refractivity (Wildman–Crippen MR) is 74.3 cm³/mol. The van der Waals surface area contributed by atoms with E-state index >= 15 is 0 Å². The lowest BCUT2D eigenvalue weighted by Gasteiger charge is -2.23. The molecule has 2 rings (SSSR count). The molecular weight excluding hydrogens is 325 g/mol. The summed E-state index contributed by atoms with van der Waals surface area (Å²) in [5.74, 6) is 0.0329. The van der Waals surface area contributed by atoms with Crippen LogP contribution in [0.3, 0.4) is 0 Å². The minimum Gasteiger partial charge on any atom is -0.335 e. The normalized spacial score (nSPS) is 19.7. The molecule has 1 fully saturated rings. The molecule has 1 heterocycles. The molecule has 1 aromatic rings. The zero-order valence-electron chi connectivity index (χ0n) is 9.13. The van der Waals surface area contributed by atoms with Gasteiger partial charge >= 0.3 is 0 Å². The standard InChI is InChI=1S/C12H12BrCl2NO/c13-7-9-2-1-5-16(9)12(17)8-3-4-10(14)11(15)6-8/h3-4,6,9H,1-2,5,7H2. The van der Waals surface area contributed by atoms with Crippen molar-refractivity contribution < 1.29 is 4.79 Å². The third-order valence-electron chi connectivity index (χ3n) is 2.98. The Morgan fingerprint density at radius 3 is 2.82 bits per heavy atom. The summed E-state index contributed by atoms with van der Waals surface area (Å²) in [6.45, 7) is 0.815. The van der Waals surface area contributed by atoms with E-state index in [4.69, 9.17) is 23.2 Å². The van der Waals surface area contributed by atoms with E-state index in [9.17, 15) is 4.79 Å². The van der Waals surface area contributed by atoms with Gasteiger partial charge in [-0.2, -0.15) is 0 Å². The number of benzene rings is 1. The maximum absolute atomic E-state index is 12.3. The predicted octanol–water partition coefficient (Wildman–Crippen LogP) is 3.99. The second-order valence-electron chi connectivity index (χ2n) is 4.08. The summed E-state index contributed by atoms with van der Waals surface area (Å²) >= 11 is 15.2. The van der Waals surface area contributed by atoms with Crippen LogP contribution in [0.25, 0.3) is 0 Å². The van der Waals surface area contributed by atoms with Gasteiger partial charge in [-0.15, -0.1) is 0 Å². The van der Waals surface area contributed by atoms with Crippen LogP contribution in [0.5, 0.6) is 0 Å². The van der Waals surface area contributed by atoms with E-state index in [0.29, 0.717) is 15.6 Å². The molecule has 1 atom stereocenters. The van der Waals surface area contributed by atoms with E-state index in [1.807, 2.05) is 4.90 Å². The highest BCUT2D eigenvalue weighted by molar-refractivity contribution is 9.09. The lowest BCUT2D eigenvalue weighted by molar-refractivity contribution is 0.0750. The number of hydrogen-bond acceptors (Lipinski definition) is 1. The fourth-order valence-electron chi connectivity index (χ4n) is 2.06. The number of hydrogen-bond donors (Lipinski definition) is 0. The van der Waals surface area contributed by atoms with Crippen molar-refractivity contribution in [2.24, 2.45) is 0 Å². The van der Waals surface area contributed by atoms with Crippen LogP contribution in [0, 0.1) is 0 Å². The van der Waals surface area contributed by atoms with Crippen molar-refractivity contribution in [3.8, 4) is 0 Å². The first kappa shape index (κ1) is 13.2. The summed E-state index contributed by atoms with van der Waals surface area (Å²) in [4.78, 5) is 14.2. The van der Waals surface area contributed by atoms with E-state index in [1.165, 1.54) is 0 Å². The summed E-state index contributed by atoms with van der Waals surface area (Å²) in [6.07, 6.45) is 2.11. The van der Waals surface area contributed by atoms with Crippen LogP contribution in [-0.4, -0.2) is 28.7 Å². The summed E-state index contributed by atoms with van der Waals surface area (Å²) in [5, 5.41) is 1.72. The molecule has 92 valence electrons. The summed E-state index contributed by atoms with van der Waals surface area (Å²) in [7, 11) is 0. The minimum atomic E-state index is 0.0329. The van der Waals surface area contributed by atoms with Gasteiger partial charge in [-0.05, 0) is 31.0 Å². The highest BCUT2D eigenvalue weighted by Crippen LogP contribution is 2.26. The van der Waals surface area contributed by atoms with Crippen molar-refractivity contribution in [3.63, 3.8) is 0 Å². The third-order valence-corrected chi connectivity index (χ3v) is 4.47. The Morgan fingerprint density at radius 2 is 2.18 bits per heavy atom. The van der Waals surface area contributed by atoms with E-state index in [2.05, 4.69) is 15.9 Å². The van der Waals surface area contributed by atoms with Gasteiger partial charge in [0.1, 0.15) is 0 Å². The summed E-state index contributed by atoms with van der Waals surface area (Å²) in [5.41, 5.74) is 0.604. The van der Waals surface area contributed by atoms with Gasteiger partial charge in [0.15, 0.2) is 0 Å². The number of likely N-dealkylation sites (tertiary alicyclic amines) is 1. The Hall–Kier alpha value is -0.250. The smallest absolute Gasteiger partial charge is 0.254 e. The van der Waals surface area contributed by atoms with Crippen LogP contribution < -0.4 is 0 Å².